The van der Waals surface area contributed by atoms with Crippen LogP contribution in [-0.2, 0) is 11.2 Å². The third kappa shape index (κ3) is 2.39. The number of benzene rings is 1. The quantitative estimate of drug-likeness (QED) is 0.740. The van der Waals surface area contributed by atoms with Crippen molar-refractivity contribution >= 4 is 16.9 Å². The summed E-state index contributed by atoms with van der Waals surface area (Å²) in [7, 11) is 1.60. The van der Waals surface area contributed by atoms with E-state index in [0.717, 1.165) is 22.3 Å². The van der Waals surface area contributed by atoms with Gasteiger partial charge in [0.05, 0.1) is 7.11 Å². The number of nitrogens with two attached hydrogens (primary N) is 1. The average Bonchev–Trinajstić information content (AvgIpc) is 2.69. The van der Waals surface area contributed by atoms with Crippen LogP contribution in [0.5, 0.6) is 5.75 Å². The summed E-state index contributed by atoms with van der Waals surface area (Å²) in [6, 6.07) is 6.66. The molecule has 2 rings (SSSR count). The highest BCUT2D eigenvalue weighted by atomic mass is 16.5. The van der Waals surface area contributed by atoms with Crippen molar-refractivity contribution in [3.05, 3.63) is 30.0 Å². The number of hydrogen-bond acceptors (Lipinski definition) is 3. The molecule has 0 saturated heterocycles. The molecule has 5 heteroatoms. The minimum Gasteiger partial charge on any atom is -0.497 e. The lowest BCUT2D eigenvalue weighted by molar-refractivity contribution is -0.138. The Kier molecular flexibility index (Phi) is 3.01. The summed E-state index contributed by atoms with van der Waals surface area (Å²) in [5.74, 6) is -0.241. The van der Waals surface area contributed by atoms with E-state index >= 15 is 0 Å². The highest BCUT2D eigenvalue weighted by molar-refractivity contribution is 5.82. The monoisotopic (exact) mass is 234 g/mol. The first kappa shape index (κ1) is 11.5. The molecule has 1 aromatic carbocycles. The molecule has 1 heterocycles. The minimum absolute atomic E-state index is 0.284. The molecule has 1 unspecified atom stereocenters. The van der Waals surface area contributed by atoms with Crippen LogP contribution in [0.4, 0.5) is 0 Å². The molecule has 0 amide bonds. The maximum atomic E-state index is 10.7. The molecule has 4 N–H and O–H groups in total. The van der Waals surface area contributed by atoms with Crippen molar-refractivity contribution in [2.24, 2.45) is 5.73 Å². The number of hydrogen-bond donors (Lipinski definition) is 3. The number of methoxy groups -OCH3 is 1. The average molecular weight is 234 g/mol. The number of carboxylic acids is 1. The van der Waals surface area contributed by atoms with E-state index in [1.807, 2.05) is 24.3 Å². The predicted octanol–water partition coefficient (Wildman–Crippen LogP) is 1.13. The highest BCUT2D eigenvalue weighted by Crippen LogP contribution is 2.21. The summed E-state index contributed by atoms with van der Waals surface area (Å²) in [5, 5.41) is 9.75. The Labute approximate surface area is 98.2 Å². The summed E-state index contributed by atoms with van der Waals surface area (Å²) in [6.07, 6.45) is 0.284. The third-order valence-corrected chi connectivity index (χ3v) is 2.64. The molecule has 0 aliphatic rings. The molecule has 0 radical (unpaired) electrons. The van der Waals surface area contributed by atoms with Gasteiger partial charge in [0, 0.05) is 23.7 Å². The Morgan fingerprint density at radius 1 is 1.53 bits per heavy atom. The lowest BCUT2D eigenvalue weighted by Crippen LogP contribution is -2.32. The molecule has 0 saturated carbocycles. The van der Waals surface area contributed by atoms with E-state index in [1.54, 1.807) is 7.11 Å². The zero-order valence-electron chi connectivity index (χ0n) is 9.43. The van der Waals surface area contributed by atoms with Crippen LogP contribution in [0.25, 0.3) is 10.9 Å². The SMILES string of the molecule is COc1ccc2cc(CC(N)C(=O)O)[nH]c2c1. The van der Waals surface area contributed by atoms with Crippen LogP contribution in [0.1, 0.15) is 5.69 Å². The molecule has 1 atom stereocenters. The van der Waals surface area contributed by atoms with Gasteiger partial charge in [-0.15, -0.1) is 0 Å². The Morgan fingerprint density at radius 2 is 2.29 bits per heavy atom. The number of aromatic amines is 1. The second-order valence-electron chi connectivity index (χ2n) is 3.90. The molecule has 5 nitrogen and oxygen atoms in total. The topological polar surface area (TPSA) is 88.3 Å². The lowest BCUT2D eigenvalue weighted by atomic mass is 10.1. The summed E-state index contributed by atoms with van der Waals surface area (Å²) in [6.45, 7) is 0. The number of carbonyl (C=O) groups is 1. The van der Waals surface area contributed by atoms with Gasteiger partial charge in [0.1, 0.15) is 11.8 Å². The maximum absolute atomic E-state index is 10.7. The van der Waals surface area contributed by atoms with Crippen LogP contribution >= 0.6 is 0 Å². The lowest BCUT2D eigenvalue weighted by Gasteiger charge is -2.03. The van der Waals surface area contributed by atoms with Crippen molar-refractivity contribution in [1.82, 2.24) is 4.98 Å². The van der Waals surface area contributed by atoms with Crippen LogP contribution < -0.4 is 10.5 Å². The van der Waals surface area contributed by atoms with E-state index in [-0.39, 0.29) is 6.42 Å². The minimum atomic E-state index is -0.999. The van der Waals surface area contributed by atoms with E-state index in [1.165, 1.54) is 0 Å². The summed E-state index contributed by atoms with van der Waals surface area (Å²) in [5.41, 5.74) is 7.20. The molecular weight excluding hydrogens is 220 g/mol. The molecule has 90 valence electrons. The Bertz CT molecular complexity index is 548. The van der Waals surface area contributed by atoms with Crippen LogP contribution in [0.3, 0.4) is 0 Å². The molecular formula is C12H14N2O3. The van der Waals surface area contributed by atoms with E-state index in [0.29, 0.717) is 0 Å². The van der Waals surface area contributed by atoms with Gasteiger partial charge in [-0.2, -0.15) is 0 Å². The van der Waals surface area contributed by atoms with Gasteiger partial charge in [-0.05, 0) is 23.6 Å². The zero-order chi connectivity index (χ0) is 12.4. The van der Waals surface area contributed by atoms with Crippen LogP contribution in [-0.4, -0.2) is 29.2 Å². The van der Waals surface area contributed by atoms with E-state index in [9.17, 15) is 4.79 Å². The van der Waals surface area contributed by atoms with Crippen molar-refractivity contribution < 1.29 is 14.6 Å². The Morgan fingerprint density at radius 3 is 2.94 bits per heavy atom. The van der Waals surface area contributed by atoms with Gasteiger partial charge in [-0.25, -0.2) is 0 Å². The third-order valence-electron chi connectivity index (χ3n) is 2.64. The number of ether oxygens (including phenoxy) is 1. The molecule has 0 fully saturated rings. The van der Waals surface area contributed by atoms with Crippen LogP contribution in [0.15, 0.2) is 24.3 Å². The zero-order valence-corrected chi connectivity index (χ0v) is 9.43. The van der Waals surface area contributed by atoms with E-state index in [4.69, 9.17) is 15.6 Å². The van der Waals surface area contributed by atoms with E-state index < -0.39 is 12.0 Å². The molecule has 0 bridgehead atoms. The first-order chi connectivity index (χ1) is 8.10. The summed E-state index contributed by atoms with van der Waals surface area (Å²) in [4.78, 5) is 13.8. The fraction of sp³-hybridized carbons (Fsp3) is 0.250. The smallest absolute Gasteiger partial charge is 0.320 e. The van der Waals surface area contributed by atoms with Crippen molar-refractivity contribution in [1.29, 1.82) is 0 Å². The van der Waals surface area contributed by atoms with E-state index in [2.05, 4.69) is 4.98 Å². The molecule has 0 aliphatic carbocycles. The number of nitrogens with one attached hydrogen (secondary N) is 1. The van der Waals surface area contributed by atoms with Crippen molar-refractivity contribution in [3.63, 3.8) is 0 Å². The molecule has 1 aromatic heterocycles. The highest BCUT2D eigenvalue weighted by Gasteiger charge is 2.13. The second kappa shape index (κ2) is 4.47. The second-order valence-corrected chi connectivity index (χ2v) is 3.90. The van der Waals surface area contributed by atoms with Gasteiger partial charge in [0.2, 0.25) is 0 Å². The van der Waals surface area contributed by atoms with Crippen molar-refractivity contribution in [2.45, 2.75) is 12.5 Å². The number of carboxylic acid groups (broad SMARTS) is 1. The van der Waals surface area contributed by atoms with Gasteiger partial charge < -0.3 is 20.6 Å². The van der Waals surface area contributed by atoms with Crippen LogP contribution in [0, 0.1) is 0 Å². The first-order valence-electron chi connectivity index (χ1n) is 5.24. The number of H-pyrrole nitrogens is 1. The van der Waals surface area contributed by atoms with Crippen LogP contribution in [0.2, 0.25) is 0 Å². The predicted molar refractivity (Wildman–Crippen MR) is 64.2 cm³/mol. The summed E-state index contributed by atoms with van der Waals surface area (Å²) < 4.78 is 5.11. The van der Waals surface area contributed by atoms with Crippen molar-refractivity contribution in [3.8, 4) is 5.75 Å². The van der Waals surface area contributed by atoms with Gasteiger partial charge in [-0.3, -0.25) is 4.79 Å². The van der Waals surface area contributed by atoms with Gasteiger partial charge >= 0.3 is 5.97 Å². The van der Waals surface area contributed by atoms with Gasteiger partial charge in [-0.1, -0.05) is 0 Å². The fourth-order valence-electron chi connectivity index (χ4n) is 1.73. The number of aliphatic carboxylic acids is 1. The molecule has 0 aliphatic heterocycles. The largest absolute Gasteiger partial charge is 0.497 e. The first-order valence-corrected chi connectivity index (χ1v) is 5.24. The molecule has 2 aromatic rings. The Balaban J connectivity index is 2.28. The molecule has 17 heavy (non-hydrogen) atoms. The number of rotatable bonds is 4. The molecule has 0 spiro atoms. The number of fused-ring (bicyclic) bond motifs is 1. The standard InChI is InChI=1S/C12H14N2O3/c1-17-9-3-2-7-4-8(14-11(7)6-9)5-10(13)12(15)16/h2-4,6,10,14H,5,13H2,1H3,(H,15,16). The van der Waals surface area contributed by atoms with Crippen molar-refractivity contribution in [2.75, 3.05) is 7.11 Å². The number of aromatic nitrogens is 1. The fourth-order valence-corrected chi connectivity index (χ4v) is 1.73. The van der Waals surface area contributed by atoms with Gasteiger partial charge in [0.15, 0.2) is 0 Å². The Hall–Kier alpha value is -2.01. The summed E-state index contributed by atoms with van der Waals surface area (Å²) >= 11 is 0. The maximum Gasteiger partial charge on any atom is 0.320 e. The van der Waals surface area contributed by atoms with Gasteiger partial charge in [0.25, 0.3) is 0 Å². The normalized spacial score (nSPS) is 12.6.